The average Bonchev–Trinajstić information content (AvgIpc) is 2.64. The molecule has 0 aromatic rings. The van der Waals surface area contributed by atoms with Crippen LogP contribution in [0.15, 0.2) is 0 Å². The molecule has 1 amide bonds. The summed E-state index contributed by atoms with van der Waals surface area (Å²) in [6, 6.07) is -0.0424. The molecule has 3 atom stereocenters. The zero-order chi connectivity index (χ0) is 16.3. The van der Waals surface area contributed by atoms with Crippen molar-refractivity contribution in [1.82, 2.24) is 5.32 Å². The van der Waals surface area contributed by atoms with Gasteiger partial charge in [0.15, 0.2) is 0 Å². The van der Waals surface area contributed by atoms with E-state index in [4.69, 9.17) is 9.47 Å². The molecule has 0 saturated heterocycles. The van der Waals surface area contributed by atoms with Crippen LogP contribution in [0, 0.1) is 11.3 Å². The quantitative estimate of drug-likeness (QED) is 0.809. The summed E-state index contributed by atoms with van der Waals surface area (Å²) in [5, 5.41) is 2.88. The van der Waals surface area contributed by atoms with Gasteiger partial charge in [-0.2, -0.15) is 0 Å². The molecule has 1 aliphatic carbocycles. The molecule has 5 heteroatoms. The van der Waals surface area contributed by atoms with Gasteiger partial charge in [0.2, 0.25) is 0 Å². The lowest BCUT2D eigenvalue weighted by Crippen LogP contribution is -2.39. The third-order valence-corrected chi connectivity index (χ3v) is 4.10. The van der Waals surface area contributed by atoms with Gasteiger partial charge in [-0.05, 0) is 53.4 Å². The Morgan fingerprint density at radius 3 is 2.38 bits per heavy atom. The van der Waals surface area contributed by atoms with Gasteiger partial charge in [0.25, 0.3) is 0 Å². The van der Waals surface area contributed by atoms with Crippen LogP contribution < -0.4 is 5.32 Å². The molecule has 21 heavy (non-hydrogen) atoms. The van der Waals surface area contributed by atoms with Crippen molar-refractivity contribution in [3.05, 3.63) is 0 Å². The van der Waals surface area contributed by atoms with Crippen LogP contribution in [-0.4, -0.2) is 30.3 Å². The lowest BCUT2D eigenvalue weighted by molar-refractivity contribution is -0.156. The van der Waals surface area contributed by atoms with Crippen LogP contribution >= 0.6 is 0 Å². The first kappa shape index (κ1) is 17.8. The summed E-state index contributed by atoms with van der Waals surface area (Å²) in [5.74, 6) is 0.0572. The number of hydrogen-bond acceptors (Lipinski definition) is 4. The maximum Gasteiger partial charge on any atom is 0.407 e. The summed E-state index contributed by atoms with van der Waals surface area (Å²) in [6.45, 7) is 11.7. The number of amides is 1. The first-order valence-corrected chi connectivity index (χ1v) is 7.79. The number of alkyl carbamates (subject to hydrolysis) is 1. The number of ether oxygens (including phenoxy) is 2. The van der Waals surface area contributed by atoms with Crippen LogP contribution in [0.3, 0.4) is 0 Å². The molecule has 1 rings (SSSR count). The molecule has 0 aromatic heterocycles. The van der Waals surface area contributed by atoms with Gasteiger partial charge in [0.1, 0.15) is 5.60 Å². The standard InChI is InChI=1S/C16H29NO4/c1-7-11-9-12(17-14(19)21-15(3,4)5)10-16(11,6)13(18)20-8-2/h11-12H,7-10H2,1-6H3,(H,17,19)/t11-,12+,16+/m1/s1. The average molecular weight is 299 g/mol. The van der Waals surface area contributed by atoms with Crippen molar-refractivity contribution in [3.63, 3.8) is 0 Å². The first-order chi connectivity index (χ1) is 9.62. The van der Waals surface area contributed by atoms with E-state index in [2.05, 4.69) is 12.2 Å². The summed E-state index contributed by atoms with van der Waals surface area (Å²) >= 11 is 0. The lowest BCUT2D eigenvalue weighted by Gasteiger charge is -2.28. The second-order valence-electron chi connectivity index (χ2n) is 7.03. The second-order valence-corrected chi connectivity index (χ2v) is 7.03. The summed E-state index contributed by atoms with van der Waals surface area (Å²) in [7, 11) is 0. The van der Waals surface area contributed by atoms with Crippen LogP contribution in [-0.2, 0) is 14.3 Å². The van der Waals surface area contributed by atoms with Crippen LogP contribution in [0.5, 0.6) is 0 Å². The molecular formula is C16H29NO4. The highest BCUT2D eigenvalue weighted by molar-refractivity contribution is 5.77. The minimum Gasteiger partial charge on any atom is -0.466 e. The molecule has 0 unspecified atom stereocenters. The molecule has 122 valence electrons. The molecule has 1 N–H and O–H groups in total. The van der Waals surface area contributed by atoms with E-state index in [1.807, 2.05) is 34.6 Å². The van der Waals surface area contributed by atoms with Gasteiger partial charge in [-0.25, -0.2) is 4.79 Å². The maximum atomic E-state index is 12.2. The van der Waals surface area contributed by atoms with E-state index in [0.717, 1.165) is 12.8 Å². The molecular weight excluding hydrogens is 270 g/mol. The van der Waals surface area contributed by atoms with E-state index in [1.165, 1.54) is 0 Å². The zero-order valence-corrected chi connectivity index (χ0v) is 14.1. The number of esters is 1. The Bertz CT molecular complexity index is 388. The van der Waals surface area contributed by atoms with Gasteiger partial charge in [-0.1, -0.05) is 13.3 Å². The van der Waals surface area contributed by atoms with Crippen molar-refractivity contribution in [2.45, 2.75) is 72.4 Å². The Kier molecular flexibility index (Phi) is 5.65. The highest BCUT2D eigenvalue weighted by atomic mass is 16.6. The Morgan fingerprint density at radius 1 is 1.29 bits per heavy atom. The minimum atomic E-state index is -0.523. The van der Waals surface area contributed by atoms with Crippen LogP contribution in [0.2, 0.25) is 0 Å². The molecule has 1 fully saturated rings. The van der Waals surface area contributed by atoms with Crippen LogP contribution in [0.1, 0.15) is 60.8 Å². The molecule has 5 nitrogen and oxygen atoms in total. The summed E-state index contributed by atoms with van der Waals surface area (Å²) in [4.78, 5) is 24.1. The maximum absolute atomic E-state index is 12.2. The van der Waals surface area contributed by atoms with Gasteiger partial charge in [-0.3, -0.25) is 4.79 Å². The fourth-order valence-electron chi connectivity index (χ4n) is 3.11. The van der Waals surface area contributed by atoms with Crippen molar-refractivity contribution in [2.24, 2.45) is 11.3 Å². The van der Waals surface area contributed by atoms with Gasteiger partial charge < -0.3 is 14.8 Å². The first-order valence-electron chi connectivity index (χ1n) is 7.79. The minimum absolute atomic E-state index is 0.0424. The van der Waals surface area contributed by atoms with Gasteiger partial charge in [0.05, 0.1) is 12.0 Å². The van der Waals surface area contributed by atoms with Crippen molar-refractivity contribution < 1.29 is 19.1 Å². The van der Waals surface area contributed by atoms with Crippen molar-refractivity contribution >= 4 is 12.1 Å². The van der Waals surface area contributed by atoms with E-state index in [0.29, 0.717) is 13.0 Å². The second kappa shape index (κ2) is 6.67. The third-order valence-electron chi connectivity index (χ3n) is 4.10. The molecule has 0 heterocycles. The number of carbonyl (C=O) groups is 2. The Morgan fingerprint density at radius 2 is 1.90 bits per heavy atom. The topological polar surface area (TPSA) is 64.6 Å². The van der Waals surface area contributed by atoms with E-state index < -0.39 is 17.1 Å². The Labute approximate surface area is 127 Å². The van der Waals surface area contributed by atoms with E-state index in [1.54, 1.807) is 0 Å². The van der Waals surface area contributed by atoms with Gasteiger partial charge in [0, 0.05) is 6.04 Å². The largest absolute Gasteiger partial charge is 0.466 e. The number of hydrogen-bond donors (Lipinski definition) is 1. The number of carbonyl (C=O) groups excluding carboxylic acids is 2. The van der Waals surface area contributed by atoms with Crippen molar-refractivity contribution in [1.29, 1.82) is 0 Å². The predicted molar refractivity (Wildman–Crippen MR) is 80.9 cm³/mol. The molecule has 1 saturated carbocycles. The lowest BCUT2D eigenvalue weighted by atomic mass is 9.78. The third kappa shape index (κ3) is 4.61. The number of nitrogens with one attached hydrogen (secondary N) is 1. The Hall–Kier alpha value is -1.26. The summed E-state index contributed by atoms with van der Waals surface area (Å²) < 4.78 is 10.5. The predicted octanol–water partition coefficient (Wildman–Crippen LogP) is 3.27. The van der Waals surface area contributed by atoms with E-state index in [9.17, 15) is 9.59 Å². The number of rotatable bonds is 4. The zero-order valence-electron chi connectivity index (χ0n) is 14.1. The molecule has 0 spiro atoms. The van der Waals surface area contributed by atoms with Crippen LogP contribution in [0.4, 0.5) is 4.79 Å². The van der Waals surface area contributed by atoms with Crippen molar-refractivity contribution in [3.8, 4) is 0 Å². The summed E-state index contributed by atoms with van der Waals surface area (Å²) in [5.41, 5.74) is -1.04. The fraction of sp³-hybridized carbons (Fsp3) is 0.875. The van der Waals surface area contributed by atoms with Gasteiger partial charge >= 0.3 is 12.1 Å². The fourth-order valence-corrected chi connectivity index (χ4v) is 3.11. The highest BCUT2D eigenvalue weighted by Gasteiger charge is 2.49. The Balaban J connectivity index is 2.69. The molecule has 1 aliphatic rings. The highest BCUT2D eigenvalue weighted by Crippen LogP contribution is 2.46. The normalized spacial score (nSPS) is 29.0. The smallest absolute Gasteiger partial charge is 0.407 e. The van der Waals surface area contributed by atoms with E-state index >= 15 is 0 Å². The summed E-state index contributed by atoms with van der Waals surface area (Å²) in [6.07, 6.45) is 1.85. The monoisotopic (exact) mass is 299 g/mol. The molecule has 0 aliphatic heterocycles. The SMILES string of the molecule is CCOC(=O)[C@@]1(C)C[C@@H](NC(=O)OC(C)(C)C)C[C@H]1CC. The van der Waals surface area contributed by atoms with Gasteiger partial charge in [-0.15, -0.1) is 0 Å². The van der Waals surface area contributed by atoms with Crippen LogP contribution in [0.25, 0.3) is 0 Å². The molecule has 0 aromatic carbocycles. The van der Waals surface area contributed by atoms with Crippen molar-refractivity contribution in [2.75, 3.05) is 6.61 Å². The van der Waals surface area contributed by atoms with E-state index in [-0.39, 0.29) is 17.9 Å². The molecule has 0 bridgehead atoms. The molecule has 0 radical (unpaired) electrons.